The van der Waals surface area contributed by atoms with Gasteiger partial charge in [0.15, 0.2) is 0 Å². The Morgan fingerprint density at radius 2 is 2.20 bits per heavy atom. The van der Waals surface area contributed by atoms with E-state index in [2.05, 4.69) is 6.07 Å². The molecule has 0 amide bonds. The summed E-state index contributed by atoms with van der Waals surface area (Å²) in [7, 11) is -0.783. The fourth-order valence-electron chi connectivity index (χ4n) is 2.15. The maximum atomic E-state index is 12.1. The van der Waals surface area contributed by atoms with Gasteiger partial charge in [-0.1, -0.05) is 6.07 Å². The van der Waals surface area contributed by atoms with Crippen LogP contribution in [0.2, 0.25) is 0 Å². The summed E-state index contributed by atoms with van der Waals surface area (Å²) in [5.74, 6) is 1.36. The molecule has 20 heavy (non-hydrogen) atoms. The van der Waals surface area contributed by atoms with Gasteiger partial charge in [0.1, 0.15) is 5.75 Å². The largest absolute Gasteiger partial charge is 0.494 e. The van der Waals surface area contributed by atoms with Crippen LogP contribution in [-0.2, 0) is 15.5 Å². The first kappa shape index (κ1) is 15.0. The molecule has 1 aliphatic heterocycles. The van der Waals surface area contributed by atoms with Crippen molar-refractivity contribution in [1.82, 2.24) is 0 Å². The molecule has 0 bridgehead atoms. The molecule has 5 heteroatoms. The SMILES string of the molecule is N#Cc1cccc(OCCCS(=O)C2CCOCC2)c1. The molecular weight excluding hydrogens is 274 g/mol. The molecule has 1 unspecified atom stereocenters. The molecule has 0 N–H and O–H groups in total. The molecule has 0 radical (unpaired) electrons. The Kier molecular flexibility index (Phi) is 6.03. The van der Waals surface area contributed by atoms with Gasteiger partial charge in [-0.25, -0.2) is 0 Å². The number of benzene rings is 1. The molecule has 1 saturated heterocycles. The van der Waals surface area contributed by atoms with Crippen molar-refractivity contribution in [2.75, 3.05) is 25.6 Å². The standard InChI is InChI=1S/C15H19NO3S/c16-12-13-3-1-4-14(11-13)19-7-2-10-20(17)15-5-8-18-9-6-15/h1,3-4,11,15H,2,5-10H2. The third kappa shape index (κ3) is 4.62. The minimum atomic E-state index is -0.783. The van der Waals surface area contributed by atoms with Crippen LogP contribution in [0.4, 0.5) is 0 Å². The van der Waals surface area contributed by atoms with Crippen molar-refractivity contribution < 1.29 is 13.7 Å². The van der Waals surface area contributed by atoms with Crippen molar-refractivity contribution in [2.45, 2.75) is 24.5 Å². The van der Waals surface area contributed by atoms with Gasteiger partial charge in [0, 0.05) is 35.0 Å². The fraction of sp³-hybridized carbons (Fsp3) is 0.533. The number of nitriles is 1. The molecule has 0 saturated carbocycles. The summed E-state index contributed by atoms with van der Waals surface area (Å²) in [5.41, 5.74) is 0.591. The third-order valence-corrected chi connectivity index (χ3v) is 5.17. The van der Waals surface area contributed by atoms with Crippen molar-refractivity contribution in [3.63, 3.8) is 0 Å². The van der Waals surface area contributed by atoms with Gasteiger partial charge in [-0.2, -0.15) is 5.26 Å². The van der Waals surface area contributed by atoms with E-state index in [0.29, 0.717) is 23.7 Å². The maximum Gasteiger partial charge on any atom is 0.120 e. The van der Waals surface area contributed by atoms with E-state index in [1.165, 1.54) is 0 Å². The summed E-state index contributed by atoms with van der Waals surface area (Å²) in [6, 6.07) is 9.17. The quantitative estimate of drug-likeness (QED) is 0.755. The summed E-state index contributed by atoms with van der Waals surface area (Å²) in [6.07, 6.45) is 2.57. The Hall–Kier alpha value is -1.38. The zero-order valence-corrected chi connectivity index (χ0v) is 12.2. The molecule has 1 aromatic carbocycles. The van der Waals surface area contributed by atoms with E-state index in [-0.39, 0.29) is 5.25 Å². The van der Waals surface area contributed by atoms with E-state index in [1.54, 1.807) is 18.2 Å². The highest BCUT2D eigenvalue weighted by molar-refractivity contribution is 7.85. The molecule has 0 aliphatic carbocycles. The Morgan fingerprint density at radius 3 is 2.95 bits per heavy atom. The Bertz CT molecular complexity index is 492. The van der Waals surface area contributed by atoms with E-state index in [1.807, 2.05) is 6.07 Å². The first-order valence-electron chi connectivity index (χ1n) is 6.87. The normalized spacial score (nSPS) is 17.4. The monoisotopic (exact) mass is 293 g/mol. The number of rotatable bonds is 6. The minimum Gasteiger partial charge on any atom is -0.494 e. The van der Waals surface area contributed by atoms with E-state index in [0.717, 1.165) is 32.5 Å². The van der Waals surface area contributed by atoms with Crippen LogP contribution in [0.5, 0.6) is 5.75 Å². The molecule has 2 rings (SSSR count). The molecular formula is C15H19NO3S. The highest BCUT2D eigenvalue weighted by Crippen LogP contribution is 2.15. The topological polar surface area (TPSA) is 59.3 Å². The zero-order valence-electron chi connectivity index (χ0n) is 11.4. The molecule has 1 heterocycles. The van der Waals surface area contributed by atoms with Gasteiger partial charge in [-0.15, -0.1) is 0 Å². The van der Waals surface area contributed by atoms with Gasteiger partial charge in [-0.3, -0.25) is 4.21 Å². The maximum absolute atomic E-state index is 12.1. The molecule has 4 nitrogen and oxygen atoms in total. The smallest absolute Gasteiger partial charge is 0.120 e. The van der Waals surface area contributed by atoms with Crippen LogP contribution in [0.25, 0.3) is 0 Å². The van der Waals surface area contributed by atoms with Crippen LogP contribution in [0.3, 0.4) is 0 Å². The Morgan fingerprint density at radius 1 is 1.40 bits per heavy atom. The first-order chi connectivity index (χ1) is 9.79. The van der Waals surface area contributed by atoms with Crippen molar-refractivity contribution in [3.8, 4) is 11.8 Å². The minimum absolute atomic E-state index is 0.283. The van der Waals surface area contributed by atoms with E-state index < -0.39 is 10.8 Å². The summed E-state index contributed by atoms with van der Waals surface area (Å²) >= 11 is 0. The van der Waals surface area contributed by atoms with Crippen molar-refractivity contribution in [1.29, 1.82) is 5.26 Å². The van der Waals surface area contributed by atoms with Crippen LogP contribution >= 0.6 is 0 Å². The number of ether oxygens (including phenoxy) is 2. The summed E-state index contributed by atoms with van der Waals surface area (Å²) in [6.45, 7) is 1.99. The van der Waals surface area contributed by atoms with Crippen molar-refractivity contribution in [3.05, 3.63) is 29.8 Å². The van der Waals surface area contributed by atoms with E-state index in [4.69, 9.17) is 14.7 Å². The average Bonchev–Trinajstić information content (AvgIpc) is 2.52. The Balaban J connectivity index is 1.68. The molecule has 0 aromatic heterocycles. The van der Waals surface area contributed by atoms with Crippen LogP contribution in [-0.4, -0.2) is 35.0 Å². The van der Waals surface area contributed by atoms with Gasteiger partial charge in [0.2, 0.25) is 0 Å². The fourth-order valence-corrected chi connectivity index (χ4v) is 3.61. The second kappa shape index (κ2) is 8.03. The highest BCUT2D eigenvalue weighted by atomic mass is 32.2. The summed E-state index contributed by atoms with van der Waals surface area (Å²) in [5, 5.41) is 9.08. The highest BCUT2D eigenvalue weighted by Gasteiger charge is 2.19. The van der Waals surface area contributed by atoms with E-state index in [9.17, 15) is 4.21 Å². The average molecular weight is 293 g/mol. The number of nitrogens with zero attached hydrogens (tertiary/aromatic N) is 1. The lowest BCUT2D eigenvalue weighted by atomic mass is 10.2. The predicted molar refractivity (Wildman–Crippen MR) is 78.1 cm³/mol. The second-order valence-electron chi connectivity index (χ2n) is 4.74. The lowest BCUT2D eigenvalue weighted by molar-refractivity contribution is 0.0992. The molecule has 1 aliphatic rings. The van der Waals surface area contributed by atoms with Crippen LogP contribution in [0, 0.1) is 11.3 Å². The van der Waals surface area contributed by atoms with Crippen molar-refractivity contribution >= 4 is 10.8 Å². The summed E-state index contributed by atoms with van der Waals surface area (Å²) in [4.78, 5) is 0. The van der Waals surface area contributed by atoms with Crippen LogP contribution in [0.15, 0.2) is 24.3 Å². The van der Waals surface area contributed by atoms with Gasteiger partial charge >= 0.3 is 0 Å². The summed E-state index contributed by atoms with van der Waals surface area (Å²) < 4.78 is 22.9. The molecule has 1 atom stereocenters. The van der Waals surface area contributed by atoms with Crippen LogP contribution in [0.1, 0.15) is 24.8 Å². The Labute approximate surface area is 122 Å². The van der Waals surface area contributed by atoms with Crippen LogP contribution < -0.4 is 4.74 Å². The molecule has 0 spiro atoms. The van der Waals surface area contributed by atoms with Gasteiger partial charge < -0.3 is 9.47 Å². The molecule has 108 valence electrons. The third-order valence-electron chi connectivity index (χ3n) is 3.26. The van der Waals surface area contributed by atoms with E-state index >= 15 is 0 Å². The number of hydrogen-bond donors (Lipinski definition) is 0. The zero-order chi connectivity index (χ0) is 14.2. The first-order valence-corrected chi connectivity index (χ1v) is 8.25. The lowest BCUT2D eigenvalue weighted by Crippen LogP contribution is -2.26. The molecule has 1 aromatic rings. The number of hydrogen-bond acceptors (Lipinski definition) is 4. The van der Waals surface area contributed by atoms with Gasteiger partial charge in [0.25, 0.3) is 0 Å². The van der Waals surface area contributed by atoms with Crippen molar-refractivity contribution in [2.24, 2.45) is 0 Å². The lowest BCUT2D eigenvalue weighted by Gasteiger charge is -2.21. The predicted octanol–water partition coefficient (Wildman–Crippen LogP) is 2.25. The van der Waals surface area contributed by atoms with Gasteiger partial charge in [-0.05, 0) is 37.5 Å². The second-order valence-corrected chi connectivity index (χ2v) is 6.57. The molecule has 1 fully saturated rings. The van der Waals surface area contributed by atoms with Gasteiger partial charge in [0.05, 0.1) is 18.2 Å².